The van der Waals surface area contributed by atoms with Crippen LogP contribution in [0.3, 0.4) is 0 Å². The Morgan fingerprint density at radius 2 is 2.14 bits per heavy atom. The number of nitrogens with two attached hydrogens (primary N) is 1. The smallest absolute Gasteiger partial charge is 0.275 e. The van der Waals surface area contributed by atoms with Gasteiger partial charge in [0, 0.05) is 10.2 Å². The van der Waals surface area contributed by atoms with E-state index in [0.29, 0.717) is 5.82 Å². The summed E-state index contributed by atoms with van der Waals surface area (Å²) in [4.78, 5) is 16.4. The van der Waals surface area contributed by atoms with E-state index in [1.165, 1.54) is 0 Å². The van der Waals surface area contributed by atoms with Crippen molar-refractivity contribution >= 4 is 44.9 Å². The summed E-state index contributed by atoms with van der Waals surface area (Å²) in [5.74, 6) is 5.28. The molecule has 0 aliphatic rings. The van der Waals surface area contributed by atoms with Gasteiger partial charge in [-0.2, -0.15) is 0 Å². The molecule has 1 amide bonds. The van der Waals surface area contributed by atoms with Gasteiger partial charge in [-0.05, 0) is 42.3 Å². The molecule has 0 spiro atoms. The van der Waals surface area contributed by atoms with Crippen LogP contribution >= 0.6 is 27.5 Å². The third-order valence-corrected chi connectivity index (χ3v) is 3.70. The maximum Gasteiger partial charge on any atom is 0.275 e. The standard InChI is InChI=1S/C14H14BrClN4O/c1-2-8-7-9(15)3-5-11(8)18-14(21)13-10(16)4-6-12(19-13)20-17/h3-7H,2,17H2,1H3,(H,18,21)(H,19,20). The van der Waals surface area contributed by atoms with E-state index in [-0.39, 0.29) is 16.6 Å². The lowest BCUT2D eigenvalue weighted by molar-refractivity contribution is 0.102. The molecule has 0 aliphatic heterocycles. The van der Waals surface area contributed by atoms with Gasteiger partial charge in [-0.1, -0.05) is 34.5 Å². The molecule has 1 aromatic carbocycles. The Kier molecular flexibility index (Phi) is 5.17. The van der Waals surface area contributed by atoms with Gasteiger partial charge in [-0.25, -0.2) is 10.8 Å². The minimum absolute atomic E-state index is 0.122. The zero-order chi connectivity index (χ0) is 15.4. The highest BCUT2D eigenvalue weighted by atomic mass is 79.9. The first-order valence-corrected chi connectivity index (χ1v) is 7.45. The average Bonchev–Trinajstić information content (AvgIpc) is 2.49. The normalized spacial score (nSPS) is 10.3. The molecule has 0 aliphatic carbocycles. The van der Waals surface area contributed by atoms with Crippen molar-refractivity contribution < 1.29 is 4.79 Å². The largest absolute Gasteiger partial charge is 0.320 e. The number of nitrogens with zero attached hydrogens (tertiary/aromatic N) is 1. The van der Waals surface area contributed by atoms with Crippen molar-refractivity contribution in [3.8, 4) is 0 Å². The predicted octanol–water partition coefficient (Wildman–Crippen LogP) is 3.60. The number of pyridine rings is 1. The van der Waals surface area contributed by atoms with E-state index < -0.39 is 0 Å². The van der Waals surface area contributed by atoms with Gasteiger partial charge in [0.1, 0.15) is 11.5 Å². The highest BCUT2D eigenvalue weighted by molar-refractivity contribution is 9.10. The highest BCUT2D eigenvalue weighted by Gasteiger charge is 2.14. The van der Waals surface area contributed by atoms with Crippen LogP contribution in [0.1, 0.15) is 23.0 Å². The lowest BCUT2D eigenvalue weighted by atomic mass is 10.1. The topological polar surface area (TPSA) is 80.0 Å². The number of rotatable bonds is 4. The summed E-state index contributed by atoms with van der Waals surface area (Å²) in [5, 5.41) is 3.09. The van der Waals surface area contributed by atoms with Crippen LogP contribution in [-0.2, 0) is 6.42 Å². The van der Waals surface area contributed by atoms with Crippen molar-refractivity contribution in [3.05, 3.63) is 51.1 Å². The number of aryl methyl sites for hydroxylation is 1. The third-order valence-electron chi connectivity index (χ3n) is 2.91. The molecule has 0 saturated heterocycles. The summed E-state index contributed by atoms with van der Waals surface area (Å²) in [6.45, 7) is 2.02. The second-order valence-corrected chi connectivity index (χ2v) is 5.60. The molecule has 110 valence electrons. The highest BCUT2D eigenvalue weighted by Crippen LogP contribution is 2.23. The maximum absolute atomic E-state index is 12.3. The number of hydrogen-bond donors (Lipinski definition) is 3. The van der Waals surface area contributed by atoms with Crippen molar-refractivity contribution in [3.63, 3.8) is 0 Å². The van der Waals surface area contributed by atoms with E-state index in [0.717, 1.165) is 22.1 Å². The fourth-order valence-electron chi connectivity index (χ4n) is 1.84. The van der Waals surface area contributed by atoms with E-state index >= 15 is 0 Å². The molecule has 0 saturated carbocycles. The Morgan fingerprint density at radius 1 is 1.38 bits per heavy atom. The van der Waals surface area contributed by atoms with Crippen LogP contribution < -0.4 is 16.6 Å². The minimum Gasteiger partial charge on any atom is -0.320 e. The molecular formula is C14H14BrClN4O. The number of nitrogens with one attached hydrogen (secondary N) is 2. The summed E-state index contributed by atoms with van der Waals surface area (Å²) in [5.41, 5.74) is 4.26. The molecule has 4 N–H and O–H groups in total. The van der Waals surface area contributed by atoms with Crippen molar-refractivity contribution in [1.29, 1.82) is 0 Å². The maximum atomic E-state index is 12.3. The molecule has 0 unspecified atom stereocenters. The summed E-state index contributed by atoms with van der Waals surface area (Å²) in [7, 11) is 0. The van der Waals surface area contributed by atoms with Gasteiger partial charge < -0.3 is 10.7 Å². The van der Waals surface area contributed by atoms with Gasteiger partial charge >= 0.3 is 0 Å². The fraction of sp³-hybridized carbons (Fsp3) is 0.143. The molecule has 1 aromatic heterocycles. The first-order valence-electron chi connectivity index (χ1n) is 6.28. The molecule has 1 heterocycles. The molecule has 2 rings (SSSR count). The Bertz CT molecular complexity index is 678. The van der Waals surface area contributed by atoms with Crippen LogP contribution in [0.4, 0.5) is 11.5 Å². The zero-order valence-electron chi connectivity index (χ0n) is 11.3. The van der Waals surface area contributed by atoms with Crippen LogP contribution in [0.5, 0.6) is 0 Å². The number of hydrogen-bond acceptors (Lipinski definition) is 4. The van der Waals surface area contributed by atoms with Gasteiger partial charge in [0.05, 0.1) is 5.02 Å². The van der Waals surface area contributed by atoms with Crippen LogP contribution in [0.15, 0.2) is 34.8 Å². The average molecular weight is 370 g/mol. The van der Waals surface area contributed by atoms with Crippen LogP contribution in [-0.4, -0.2) is 10.9 Å². The molecule has 7 heteroatoms. The van der Waals surface area contributed by atoms with Crippen LogP contribution in [0, 0.1) is 0 Å². The van der Waals surface area contributed by atoms with Crippen molar-refractivity contribution in [2.24, 2.45) is 5.84 Å². The van der Waals surface area contributed by atoms with E-state index in [4.69, 9.17) is 17.4 Å². The first-order chi connectivity index (χ1) is 10.0. The molecule has 0 radical (unpaired) electrons. The molecule has 21 heavy (non-hydrogen) atoms. The Balaban J connectivity index is 2.30. The van der Waals surface area contributed by atoms with Gasteiger partial charge in [-0.3, -0.25) is 4.79 Å². The van der Waals surface area contributed by atoms with Crippen molar-refractivity contribution in [2.45, 2.75) is 13.3 Å². The lowest BCUT2D eigenvalue weighted by Crippen LogP contribution is -2.17. The number of benzene rings is 1. The van der Waals surface area contributed by atoms with Crippen LogP contribution in [0.25, 0.3) is 0 Å². The summed E-state index contributed by atoms with van der Waals surface area (Å²) in [6, 6.07) is 8.82. The number of hydrazine groups is 1. The monoisotopic (exact) mass is 368 g/mol. The molecule has 5 nitrogen and oxygen atoms in total. The molecule has 0 fully saturated rings. The quantitative estimate of drug-likeness (QED) is 0.568. The number of carbonyl (C=O) groups is 1. The first kappa shape index (κ1) is 15.8. The number of nitrogen functional groups attached to an aromatic ring is 1. The number of anilines is 2. The van der Waals surface area contributed by atoms with Crippen LogP contribution in [0.2, 0.25) is 5.02 Å². The van der Waals surface area contributed by atoms with E-state index in [9.17, 15) is 4.79 Å². The van der Waals surface area contributed by atoms with Gasteiger partial charge in [0.25, 0.3) is 5.91 Å². The SMILES string of the molecule is CCc1cc(Br)ccc1NC(=O)c1nc(NN)ccc1Cl. The van der Waals surface area contributed by atoms with Gasteiger partial charge in [-0.15, -0.1) is 0 Å². The second-order valence-electron chi connectivity index (χ2n) is 4.28. The third kappa shape index (κ3) is 3.72. The molecule has 0 bridgehead atoms. The van der Waals surface area contributed by atoms with Gasteiger partial charge in [0.2, 0.25) is 0 Å². The van der Waals surface area contributed by atoms with E-state index in [1.54, 1.807) is 12.1 Å². The van der Waals surface area contributed by atoms with Crippen molar-refractivity contribution in [2.75, 3.05) is 10.7 Å². The molecule has 2 aromatic rings. The Morgan fingerprint density at radius 3 is 2.81 bits per heavy atom. The molecule has 0 atom stereocenters. The zero-order valence-corrected chi connectivity index (χ0v) is 13.6. The lowest BCUT2D eigenvalue weighted by Gasteiger charge is -2.11. The van der Waals surface area contributed by atoms with Crippen molar-refractivity contribution in [1.82, 2.24) is 4.98 Å². The summed E-state index contributed by atoms with van der Waals surface area (Å²) >= 11 is 9.42. The predicted molar refractivity (Wildman–Crippen MR) is 88.5 cm³/mol. The number of carbonyl (C=O) groups excluding carboxylic acids is 1. The van der Waals surface area contributed by atoms with E-state index in [2.05, 4.69) is 31.7 Å². The number of halogens is 2. The molecular weight excluding hydrogens is 356 g/mol. The Labute approximate surface area is 136 Å². The van der Waals surface area contributed by atoms with Gasteiger partial charge in [0.15, 0.2) is 0 Å². The van der Waals surface area contributed by atoms with E-state index in [1.807, 2.05) is 25.1 Å². The second kappa shape index (κ2) is 6.89. The number of aromatic nitrogens is 1. The number of amides is 1. The summed E-state index contributed by atoms with van der Waals surface area (Å²) < 4.78 is 0.961. The Hall–Kier alpha value is -1.63. The fourth-order valence-corrected chi connectivity index (χ4v) is 2.44. The summed E-state index contributed by atoms with van der Waals surface area (Å²) in [6.07, 6.45) is 0.792. The minimum atomic E-state index is -0.380.